The van der Waals surface area contributed by atoms with Gasteiger partial charge in [-0.1, -0.05) is 74.5 Å². The van der Waals surface area contributed by atoms with Crippen LogP contribution in [0.1, 0.15) is 38.3 Å². The second-order valence-corrected chi connectivity index (χ2v) is 8.83. The summed E-state index contributed by atoms with van der Waals surface area (Å²) in [6, 6.07) is 18.2. The van der Waals surface area contributed by atoms with Gasteiger partial charge in [0.25, 0.3) is 0 Å². The third-order valence-electron chi connectivity index (χ3n) is 5.87. The lowest BCUT2D eigenvalue weighted by Crippen LogP contribution is -2.50. The zero-order valence-electron chi connectivity index (χ0n) is 19.4. The standard InChI is InChI=1S/C26H32N2O5/c1-19(2)14-24(20(3)27(18-29)33-16-22-12-8-5-9-13-22)25(30)28-23(17-32-26(28)31)15-21-10-6-4-7-11-21/h4-13,18-20,23-24H,14-17H2,1-3H3/t20-,23+,24+/m1/s1. The summed E-state index contributed by atoms with van der Waals surface area (Å²) in [4.78, 5) is 45.0. The molecule has 33 heavy (non-hydrogen) atoms. The van der Waals surface area contributed by atoms with Crippen LogP contribution in [0, 0.1) is 11.8 Å². The number of carbonyl (C=O) groups excluding carboxylic acids is 3. The molecular formula is C26H32N2O5. The van der Waals surface area contributed by atoms with Crippen molar-refractivity contribution in [1.29, 1.82) is 0 Å². The summed E-state index contributed by atoms with van der Waals surface area (Å²) in [6.07, 6.45) is 0.978. The van der Waals surface area contributed by atoms with E-state index in [1.807, 2.05) is 74.5 Å². The van der Waals surface area contributed by atoms with Gasteiger partial charge in [-0.3, -0.25) is 14.4 Å². The summed E-state index contributed by atoms with van der Waals surface area (Å²) >= 11 is 0. The van der Waals surface area contributed by atoms with Crippen LogP contribution in [0.3, 0.4) is 0 Å². The van der Waals surface area contributed by atoms with E-state index in [0.717, 1.165) is 11.1 Å². The molecule has 2 aromatic carbocycles. The molecule has 1 aliphatic rings. The van der Waals surface area contributed by atoms with E-state index in [-0.39, 0.29) is 31.1 Å². The van der Waals surface area contributed by atoms with Crippen LogP contribution in [-0.4, -0.2) is 47.1 Å². The molecular weight excluding hydrogens is 420 g/mol. The smallest absolute Gasteiger partial charge is 0.416 e. The van der Waals surface area contributed by atoms with Crippen LogP contribution < -0.4 is 0 Å². The Morgan fingerprint density at radius 3 is 2.27 bits per heavy atom. The molecule has 0 N–H and O–H groups in total. The van der Waals surface area contributed by atoms with E-state index in [4.69, 9.17) is 9.57 Å². The summed E-state index contributed by atoms with van der Waals surface area (Å²) in [7, 11) is 0. The van der Waals surface area contributed by atoms with Crippen molar-refractivity contribution in [2.45, 2.75) is 52.3 Å². The van der Waals surface area contributed by atoms with Gasteiger partial charge in [0.2, 0.25) is 12.3 Å². The third-order valence-corrected chi connectivity index (χ3v) is 5.87. The minimum Gasteiger partial charge on any atom is -0.447 e. The van der Waals surface area contributed by atoms with E-state index < -0.39 is 18.1 Å². The van der Waals surface area contributed by atoms with Gasteiger partial charge in [0, 0.05) is 0 Å². The number of ether oxygens (including phenoxy) is 1. The van der Waals surface area contributed by atoms with Gasteiger partial charge >= 0.3 is 6.09 Å². The number of hydrogen-bond donors (Lipinski definition) is 0. The van der Waals surface area contributed by atoms with E-state index in [9.17, 15) is 14.4 Å². The molecule has 0 aliphatic carbocycles. The normalized spacial score (nSPS) is 17.5. The fourth-order valence-electron chi connectivity index (χ4n) is 4.10. The first-order valence-corrected chi connectivity index (χ1v) is 11.3. The van der Waals surface area contributed by atoms with Crippen molar-refractivity contribution >= 4 is 18.4 Å². The molecule has 2 aromatic rings. The first-order valence-electron chi connectivity index (χ1n) is 11.3. The monoisotopic (exact) mass is 452 g/mol. The number of benzene rings is 2. The van der Waals surface area contributed by atoms with Crippen molar-refractivity contribution in [1.82, 2.24) is 9.96 Å². The zero-order valence-corrected chi connectivity index (χ0v) is 19.4. The van der Waals surface area contributed by atoms with Crippen molar-refractivity contribution in [3.05, 3.63) is 71.8 Å². The summed E-state index contributed by atoms with van der Waals surface area (Å²) in [5, 5.41) is 1.19. The van der Waals surface area contributed by atoms with Gasteiger partial charge in [-0.05, 0) is 36.8 Å². The Hall–Kier alpha value is -3.19. The Balaban J connectivity index is 1.76. The second-order valence-electron chi connectivity index (χ2n) is 8.83. The topological polar surface area (TPSA) is 76.2 Å². The van der Waals surface area contributed by atoms with E-state index in [1.165, 1.54) is 9.96 Å². The van der Waals surface area contributed by atoms with Crippen LogP contribution >= 0.6 is 0 Å². The highest BCUT2D eigenvalue weighted by molar-refractivity contribution is 5.95. The van der Waals surface area contributed by atoms with Crippen LogP contribution in [0.4, 0.5) is 4.79 Å². The Kier molecular flexibility index (Phi) is 8.60. The second kappa shape index (κ2) is 11.6. The number of rotatable bonds is 11. The zero-order chi connectivity index (χ0) is 23.8. The Labute approximate surface area is 195 Å². The number of cyclic esters (lactones) is 1. The highest BCUT2D eigenvalue weighted by Gasteiger charge is 2.43. The molecule has 0 radical (unpaired) electrons. The number of nitrogens with zero attached hydrogens (tertiary/aromatic N) is 2. The number of hydrogen-bond acceptors (Lipinski definition) is 5. The number of amides is 3. The SMILES string of the molecule is CC(C)C[C@H](C(=O)N1C(=O)OC[C@@H]1Cc1ccccc1)[C@@H](C)N(C=O)OCc1ccccc1. The molecule has 0 unspecified atom stereocenters. The number of hydroxylamine groups is 2. The van der Waals surface area contributed by atoms with Gasteiger partial charge in [0.05, 0.1) is 18.0 Å². The molecule has 0 bridgehead atoms. The molecule has 3 atom stereocenters. The number of carbonyl (C=O) groups is 3. The molecule has 3 amide bonds. The maximum absolute atomic E-state index is 13.7. The molecule has 7 heteroatoms. The molecule has 1 saturated heterocycles. The van der Waals surface area contributed by atoms with Gasteiger partial charge in [0.15, 0.2) is 0 Å². The molecule has 176 valence electrons. The van der Waals surface area contributed by atoms with Gasteiger partial charge in [-0.2, -0.15) is 0 Å². The van der Waals surface area contributed by atoms with Crippen LogP contribution in [0.25, 0.3) is 0 Å². The predicted octanol–water partition coefficient (Wildman–Crippen LogP) is 4.22. The highest BCUT2D eigenvalue weighted by Crippen LogP contribution is 2.27. The Morgan fingerprint density at radius 2 is 1.70 bits per heavy atom. The average molecular weight is 453 g/mol. The van der Waals surface area contributed by atoms with Crippen LogP contribution in [0.15, 0.2) is 60.7 Å². The molecule has 0 aromatic heterocycles. The van der Waals surface area contributed by atoms with Crippen LogP contribution in [0.2, 0.25) is 0 Å². The molecule has 1 aliphatic heterocycles. The lowest BCUT2D eigenvalue weighted by Gasteiger charge is -2.33. The van der Waals surface area contributed by atoms with Crippen LogP contribution in [0.5, 0.6) is 0 Å². The lowest BCUT2D eigenvalue weighted by atomic mass is 9.89. The first kappa shape index (κ1) is 24.5. The Bertz CT molecular complexity index is 919. The fourth-order valence-corrected chi connectivity index (χ4v) is 4.10. The van der Waals surface area contributed by atoms with Gasteiger partial charge < -0.3 is 4.74 Å². The Morgan fingerprint density at radius 1 is 1.09 bits per heavy atom. The van der Waals surface area contributed by atoms with Crippen molar-refractivity contribution in [2.24, 2.45) is 11.8 Å². The van der Waals surface area contributed by atoms with Crippen molar-refractivity contribution in [3.8, 4) is 0 Å². The molecule has 1 heterocycles. The number of imide groups is 1. The lowest BCUT2D eigenvalue weighted by molar-refractivity contribution is -0.198. The summed E-state index contributed by atoms with van der Waals surface area (Å²) in [6.45, 7) is 6.15. The van der Waals surface area contributed by atoms with Crippen molar-refractivity contribution in [3.63, 3.8) is 0 Å². The molecule has 3 rings (SSSR count). The van der Waals surface area contributed by atoms with Crippen molar-refractivity contribution < 1.29 is 24.0 Å². The maximum atomic E-state index is 13.7. The molecule has 0 saturated carbocycles. The molecule has 0 spiro atoms. The van der Waals surface area contributed by atoms with Crippen LogP contribution in [-0.2, 0) is 32.2 Å². The summed E-state index contributed by atoms with van der Waals surface area (Å²) in [5.74, 6) is -0.778. The first-order chi connectivity index (χ1) is 15.9. The largest absolute Gasteiger partial charge is 0.447 e. The summed E-state index contributed by atoms with van der Waals surface area (Å²) < 4.78 is 5.25. The average Bonchev–Trinajstić information content (AvgIpc) is 3.18. The van der Waals surface area contributed by atoms with E-state index in [1.54, 1.807) is 6.92 Å². The van der Waals surface area contributed by atoms with Crippen molar-refractivity contribution in [2.75, 3.05) is 6.61 Å². The summed E-state index contributed by atoms with van der Waals surface area (Å²) in [5.41, 5.74) is 1.93. The third kappa shape index (κ3) is 6.42. The predicted molar refractivity (Wildman–Crippen MR) is 124 cm³/mol. The minimum absolute atomic E-state index is 0.157. The quantitative estimate of drug-likeness (QED) is 0.377. The fraction of sp³-hybridized carbons (Fsp3) is 0.423. The highest BCUT2D eigenvalue weighted by atomic mass is 16.7. The van der Waals surface area contributed by atoms with E-state index >= 15 is 0 Å². The maximum Gasteiger partial charge on any atom is 0.416 e. The minimum atomic E-state index is -0.634. The molecule has 1 fully saturated rings. The molecule has 7 nitrogen and oxygen atoms in total. The van der Waals surface area contributed by atoms with Gasteiger partial charge in [-0.15, -0.1) is 0 Å². The van der Waals surface area contributed by atoms with E-state index in [2.05, 4.69) is 0 Å². The van der Waals surface area contributed by atoms with Gasteiger partial charge in [-0.25, -0.2) is 14.8 Å². The van der Waals surface area contributed by atoms with Gasteiger partial charge in [0.1, 0.15) is 13.2 Å². The van der Waals surface area contributed by atoms with E-state index in [0.29, 0.717) is 19.3 Å².